The summed E-state index contributed by atoms with van der Waals surface area (Å²) in [5.74, 6) is 0.583. The molecule has 0 aliphatic carbocycles. The van der Waals surface area contributed by atoms with Crippen LogP contribution < -0.4 is 5.32 Å². The summed E-state index contributed by atoms with van der Waals surface area (Å²) in [6.07, 6.45) is 5.76. The van der Waals surface area contributed by atoms with E-state index in [1.165, 1.54) is 11.3 Å². The van der Waals surface area contributed by atoms with Crippen LogP contribution in [-0.4, -0.2) is 41.5 Å². The van der Waals surface area contributed by atoms with Gasteiger partial charge in [0.25, 0.3) is 5.91 Å². The van der Waals surface area contributed by atoms with Gasteiger partial charge in [-0.2, -0.15) is 0 Å². The third-order valence-electron chi connectivity index (χ3n) is 3.78. The molecule has 1 aliphatic heterocycles. The Bertz CT molecular complexity index is 665. The standard InChI is InChI=1S/C16H20N4O2S/c1-17-16-18-8-11(9-19-16)10-20(2)15(21)14-6-5-13(23-14)12-4-3-7-22-12/h5-6,8-9,12H,3-4,7,10H2,1-2H3,(H,17,18,19)/t12-/m1/s1. The molecule has 3 rings (SSSR count). The lowest BCUT2D eigenvalue weighted by Gasteiger charge is -2.16. The van der Waals surface area contributed by atoms with Crippen LogP contribution >= 0.6 is 11.3 Å². The van der Waals surface area contributed by atoms with Crippen LogP contribution in [0.5, 0.6) is 0 Å². The molecule has 0 radical (unpaired) electrons. The molecule has 3 heterocycles. The van der Waals surface area contributed by atoms with E-state index in [0.717, 1.165) is 34.8 Å². The fourth-order valence-electron chi connectivity index (χ4n) is 2.54. The molecule has 6 nitrogen and oxygen atoms in total. The van der Waals surface area contributed by atoms with Crippen molar-refractivity contribution in [1.29, 1.82) is 0 Å². The molecular formula is C16H20N4O2S. The summed E-state index contributed by atoms with van der Waals surface area (Å²) < 4.78 is 5.67. The zero-order valence-electron chi connectivity index (χ0n) is 13.3. The van der Waals surface area contributed by atoms with Gasteiger partial charge in [-0.1, -0.05) is 0 Å². The predicted octanol–water partition coefficient (Wildman–Crippen LogP) is 2.70. The molecule has 1 N–H and O–H groups in total. The van der Waals surface area contributed by atoms with E-state index in [1.54, 1.807) is 31.4 Å². The Morgan fingerprint density at radius 2 is 2.22 bits per heavy atom. The maximum Gasteiger partial charge on any atom is 0.263 e. The molecule has 0 unspecified atom stereocenters. The molecule has 1 atom stereocenters. The van der Waals surface area contributed by atoms with E-state index in [-0.39, 0.29) is 12.0 Å². The van der Waals surface area contributed by atoms with Gasteiger partial charge in [0.2, 0.25) is 5.95 Å². The quantitative estimate of drug-likeness (QED) is 0.912. The van der Waals surface area contributed by atoms with E-state index in [0.29, 0.717) is 12.5 Å². The molecule has 122 valence electrons. The predicted molar refractivity (Wildman–Crippen MR) is 89.6 cm³/mol. The van der Waals surface area contributed by atoms with Crippen molar-refractivity contribution in [3.63, 3.8) is 0 Å². The monoisotopic (exact) mass is 332 g/mol. The minimum Gasteiger partial charge on any atom is -0.373 e. The van der Waals surface area contributed by atoms with Crippen molar-refractivity contribution in [1.82, 2.24) is 14.9 Å². The first-order valence-electron chi connectivity index (χ1n) is 7.63. The average molecular weight is 332 g/mol. The Morgan fingerprint density at radius 1 is 1.43 bits per heavy atom. The molecule has 1 saturated heterocycles. The number of aromatic nitrogens is 2. The van der Waals surface area contributed by atoms with Gasteiger partial charge in [-0.3, -0.25) is 4.79 Å². The van der Waals surface area contributed by atoms with E-state index in [9.17, 15) is 4.79 Å². The van der Waals surface area contributed by atoms with Crippen LogP contribution in [0.15, 0.2) is 24.5 Å². The van der Waals surface area contributed by atoms with E-state index < -0.39 is 0 Å². The maximum atomic E-state index is 12.5. The van der Waals surface area contributed by atoms with Crippen molar-refractivity contribution >= 4 is 23.2 Å². The third kappa shape index (κ3) is 3.68. The highest BCUT2D eigenvalue weighted by Gasteiger charge is 2.22. The average Bonchev–Trinajstić information content (AvgIpc) is 3.26. The number of thiophene rings is 1. The maximum absolute atomic E-state index is 12.5. The number of hydrogen-bond donors (Lipinski definition) is 1. The van der Waals surface area contributed by atoms with Crippen LogP contribution in [0.3, 0.4) is 0 Å². The van der Waals surface area contributed by atoms with Gasteiger partial charge in [0.15, 0.2) is 0 Å². The SMILES string of the molecule is CNc1ncc(CN(C)C(=O)c2ccc([C@H]3CCCO3)s2)cn1. The molecule has 0 bridgehead atoms. The Hall–Kier alpha value is -1.99. The summed E-state index contributed by atoms with van der Waals surface area (Å²) in [6.45, 7) is 1.30. The lowest BCUT2D eigenvalue weighted by Crippen LogP contribution is -2.25. The van der Waals surface area contributed by atoms with Crippen molar-refractivity contribution in [2.75, 3.05) is 26.0 Å². The number of nitrogens with one attached hydrogen (secondary N) is 1. The van der Waals surface area contributed by atoms with Crippen LogP contribution in [0.1, 0.15) is 39.1 Å². The van der Waals surface area contributed by atoms with Crippen LogP contribution in [0.25, 0.3) is 0 Å². The van der Waals surface area contributed by atoms with Gasteiger partial charge < -0.3 is 15.0 Å². The first-order valence-corrected chi connectivity index (χ1v) is 8.44. The van der Waals surface area contributed by atoms with Gasteiger partial charge >= 0.3 is 0 Å². The molecule has 1 fully saturated rings. The van der Waals surface area contributed by atoms with E-state index in [2.05, 4.69) is 15.3 Å². The molecular weight excluding hydrogens is 312 g/mol. The minimum atomic E-state index is 0.0111. The third-order valence-corrected chi connectivity index (χ3v) is 4.95. The second-order valence-corrected chi connectivity index (χ2v) is 6.65. The Labute approximate surface area is 139 Å². The fraction of sp³-hybridized carbons (Fsp3) is 0.438. The fourth-order valence-corrected chi connectivity index (χ4v) is 3.63. The smallest absolute Gasteiger partial charge is 0.263 e. The highest BCUT2D eigenvalue weighted by Crippen LogP contribution is 2.33. The van der Waals surface area contributed by atoms with E-state index in [4.69, 9.17) is 4.74 Å². The van der Waals surface area contributed by atoms with Gasteiger partial charge in [-0.25, -0.2) is 9.97 Å². The second-order valence-electron chi connectivity index (χ2n) is 5.53. The first-order chi connectivity index (χ1) is 11.2. The van der Waals surface area contributed by atoms with Gasteiger partial charge in [-0.05, 0) is 25.0 Å². The van der Waals surface area contributed by atoms with Crippen LogP contribution in [0.4, 0.5) is 5.95 Å². The normalized spacial score (nSPS) is 17.2. The van der Waals surface area contributed by atoms with Gasteiger partial charge in [0.05, 0.1) is 11.0 Å². The Balaban J connectivity index is 1.64. The molecule has 23 heavy (non-hydrogen) atoms. The Kier molecular flexibility index (Phi) is 4.88. The number of carbonyl (C=O) groups excluding carboxylic acids is 1. The van der Waals surface area contributed by atoms with Crippen molar-refractivity contribution in [3.8, 4) is 0 Å². The summed E-state index contributed by atoms with van der Waals surface area (Å²) in [6, 6.07) is 3.90. The van der Waals surface area contributed by atoms with E-state index in [1.807, 2.05) is 12.1 Å². The van der Waals surface area contributed by atoms with Gasteiger partial charge in [0, 0.05) is 50.1 Å². The zero-order chi connectivity index (χ0) is 16.2. The molecule has 1 amide bonds. The van der Waals surface area contributed by atoms with Crippen molar-refractivity contribution < 1.29 is 9.53 Å². The number of hydrogen-bond acceptors (Lipinski definition) is 6. The van der Waals surface area contributed by atoms with Crippen LogP contribution in [0.2, 0.25) is 0 Å². The molecule has 7 heteroatoms. The minimum absolute atomic E-state index is 0.0111. The molecule has 0 saturated carbocycles. The highest BCUT2D eigenvalue weighted by atomic mass is 32.1. The number of anilines is 1. The van der Waals surface area contributed by atoms with Gasteiger partial charge in [-0.15, -0.1) is 11.3 Å². The highest BCUT2D eigenvalue weighted by molar-refractivity contribution is 7.14. The molecule has 0 aromatic carbocycles. The van der Waals surface area contributed by atoms with E-state index >= 15 is 0 Å². The first kappa shape index (κ1) is 15.9. The Morgan fingerprint density at radius 3 is 2.87 bits per heavy atom. The lowest BCUT2D eigenvalue weighted by atomic mass is 10.2. The zero-order valence-corrected chi connectivity index (χ0v) is 14.1. The number of nitrogens with zero attached hydrogens (tertiary/aromatic N) is 3. The number of amides is 1. The van der Waals surface area contributed by atoms with Crippen molar-refractivity contribution in [3.05, 3.63) is 39.8 Å². The number of rotatable bonds is 5. The molecule has 0 spiro atoms. The number of ether oxygens (including phenoxy) is 1. The summed E-state index contributed by atoms with van der Waals surface area (Å²) in [5.41, 5.74) is 0.899. The molecule has 1 aliphatic rings. The summed E-state index contributed by atoms with van der Waals surface area (Å²) in [7, 11) is 3.56. The summed E-state index contributed by atoms with van der Waals surface area (Å²) >= 11 is 1.53. The molecule has 2 aromatic rings. The lowest BCUT2D eigenvalue weighted by molar-refractivity contribution is 0.0789. The van der Waals surface area contributed by atoms with Crippen LogP contribution in [0, 0.1) is 0 Å². The van der Waals surface area contributed by atoms with Crippen LogP contribution in [-0.2, 0) is 11.3 Å². The summed E-state index contributed by atoms with van der Waals surface area (Å²) in [4.78, 5) is 24.4. The van der Waals surface area contributed by atoms with Crippen molar-refractivity contribution in [2.24, 2.45) is 0 Å². The second kappa shape index (κ2) is 7.06. The molecule has 2 aromatic heterocycles. The topological polar surface area (TPSA) is 67.4 Å². The number of carbonyl (C=O) groups is 1. The summed E-state index contributed by atoms with van der Waals surface area (Å²) in [5, 5.41) is 2.87. The van der Waals surface area contributed by atoms with Gasteiger partial charge in [0.1, 0.15) is 0 Å². The van der Waals surface area contributed by atoms with Crippen molar-refractivity contribution in [2.45, 2.75) is 25.5 Å². The largest absolute Gasteiger partial charge is 0.373 e.